The summed E-state index contributed by atoms with van der Waals surface area (Å²) in [5, 5.41) is 10.7. The number of likely N-dealkylation sites (tertiary alicyclic amines) is 1. The highest BCUT2D eigenvalue weighted by atomic mass is 16.6. The van der Waals surface area contributed by atoms with Crippen LogP contribution in [0.5, 0.6) is 0 Å². The zero-order chi connectivity index (χ0) is 12.6. The number of nitro groups is 1. The molecule has 7 nitrogen and oxygen atoms in total. The van der Waals surface area contributed by atoms with Crippen molar-refractivity contribution < 1.29 is 9.72 Å². The molecule has 0 aliphatic carbocycles. The molecule has 2 heterocycles. The molecule has 0 saturated carbocycles. The van der Waals surface area contributed by atoms with Crippen molar-refractivity contribution >= 4 is 11.7 Å². The van der Waals surface area contributed by atoms with E-state index in [9.17, 15) is 14.9 Å². The van der Waals surface area contributed by atoms with Gasteiger partial charge in [0, 0.05) is 25.2 Å². The molecule has 1 aliphatic heterocycles. The van der Waals surface area contributed by atoms with Gasteiger partial charge < -0.3 is 20.7 Å². The van der Waals surface area contributed by atoms with Crippen molar-refractivity contribution in [2.75, 3.05) is 13.1 Å². The van der Waals surface area contributed by atoms with Crippen molar-refractivity contribution in [1.29, 1.82) is 0 Å². The van der Waals surface area contributed by atoms with Crippen molar-refractivity contribution in [3.63, 3.8) is 0 Å². The summed E-state index contributed by atoms with van der Waals surface area (Å²) in [7, 11) is 1.52. The first-order valence-corrected chi connectivity index (χ1v) is 5.35. The van der Waals surface area contributed by atoms with E-state index in [0.717, 1.165) is 6.42 Å². The third-order valence-electron chi connectivity index (χ3n) is 3.01. The molecule has 17 heavy (non-hydrogen) atoms. The van der Waals surface area contributed by atoms with Crippen LogP contribution in [-0.2, 0) is 7.05 Å². The zero-order valence-electron chi connectivity index (χ0n) is 9.50. The molecule has 1 fully saturated rings. The molecule has 0 unspecified atom stereocenters. The standard InChI is InChI=1S/C10H14N4O3/c1-12-8(2-3-9(12)14(16)17)10(15)13-5-4-7(11)6-13/h2-3,7H,4-6,11H2,1H3/t7-/m0/s1. The van der Waals surface area contributed by atoms with Gasteiger partial charge in [0.2, 0.25) is 0 Å². The van der Waals surface area contributed by atoms with Crippen LogP contribution in [0.3, 0.4) is 0 Å². The summed E-state index contributed by atoms with van der Waals surface area (Å²) in [6.45, 7) is 1.12. The van der Waals surface area contributed by atoms with Crippen molar-refractivity contribution in [1.82, 2.24) is 9.47 Å². The van der Waals surface area contributed by atoms with Gasteiger partial charge in [-0.2, -0.15) is 0 Å². The van der Waals surface area contributed by atoms with E-state index in [4.69, 9.17) is 5.73 Å². The minimum absolute atomic E-state index is 0.00852. The second kappa shape index (κ2) is 4.17. The van der Waals surface area contributed by atoms with E-state index in [1.165, 1.54) is 23.7 Å². The predicted molar refractivity (Wildman–Crippen MR) is 60.6 cm³/mol. The van der Waals surface area contributed by atoms with Crippen molar-refractivity contribution in [3.8, 4) is 0 Å². The minimum Gasteiger partial charge on any atom is -0.358 e. The van der Waals surface area contributed by atoms with E-state index < -0.39 is 4.92 Å². The third-order valence-corrected chi connectivity index (χ3v) is 3.01. The molecule has 0 aromatic carbocycles. The van der Waals surface area contributed by atoms with Crippen molar-refractivity contribution in [2.24, 2.45) is 12.8 Å². The molecular weight excluding hydrogens is 224 g/mol. The highest BCUT2D eigenvalue weighted by molar-refractivity contribution is 5.93. The predicted octanol–water partition coefficient (Wildman–Crippen LogP) is 0.107. The average Bonchev–Trinajstić information content (AvgIpc) is 2.83. The van der Waals surface area contributed by atoms with Gasteiger partial charge >= 0.3 is 5.82 Å². The molecular formula is C10H14N4O3. The first kappa shape index (κ1) is 11.6. The molecule has 1 aromatic heterocycles. The lowest BCUT2D eigenvalue weighted by Gasteiger charge is -2.14. The quantitative estimate of drug-likeness (QED) is 0.584. The Labute approximate surface area is 97.9 Å². The zero-order valence-corrected chi connectivity index (χ0v) is 9.50. The van der Waals surface area contributed by atoms with E-state index in [-0.39, 0.29) is 17.8 Å². The molecule has 0 spiro atoms. The number of amides is 1. The molecule has 0 radical (unpaired) electrons. The van der Waals surface area contributed by atoms with Crippen LogP contribution >= 0.6 is 0 Å². The van der Waals surface area contributed by atoms with Crippen LogP contribution in [0.2, 0.25) is 0 Å². The second-order valence-corrected chi connectivity index (χ2v) is 4.19. The molecule has 1 aromatic rings. The minimum atomic E-state index is -0.507. The van der Waals surface area contributed by atoms with Gasteiger partial charge in [-0.1, -0.05) is 0 Å². The van der Waals surface area contributed by atoms with Gasteiger partial charge in [0.25, 0.3) is 5.91 Å². The van der Waals surface area contributed by atoms with Crippen LogP contribution in [0.25, 0.3) is 0 Å². The molecule has 2 rings (SSSR count). The topological polar surface area (TPSA) is 94.4 Å². The molecule has 1 atom stereocenters. The molecule has 1 saturated heterocycles. The fourth-order valence-electron chi connectivity index (χ4n) is 2.03. The average molecular weight is 238 g/mol. The van der Waals surface area contributed by atoms with Gasteiger partial charge in [-0.25, -0.2) is 4.57 Å². The number of rotatable bonds is 2. The van der Waals surface area contributed by atoms with Gasteiger partial charge in [-0.3, -0.25) is 4.79 Å². The third kappa shape index (κ3) is 2.01. The number of aromatic nitrogens is 1. The smallest absolute Gasteiger partial charge is 0.323 e. The Balaban J connectivity index is 2.23. The van der Waals surface area contributed by atoms with Crippen LogP contribution in [0.15, 0.2) is 12.1 Å². The van der Waals surface area contributed by atoms with E-state index in [1.807, 2.05) is 0 Å². The summed E-state index contributed by atoms with van der Waals surface area (Å²) in [6, 6.07) is 2.82. The van der Waals surface area contributed by atoms with Gasteiger partial charge in [-0.15, -0.1) is 0 Å². The maximum Gasteiger partial charge on any atom is 0.323 e. The summed E-state index contributed by atoms with van der Waals surface area (Å²) in [5.74, 6) is -0.287. The highest BCUT2D eigenvalue weighted by Crippen LogP contribution is 2.18. The Hall–Kier alpha value is -1.89. The van der Waals surface area contributed by atoms with Crippen LogP contribution < -0.4 is 5.73 Å². The summed E-state index contributed by atoms with van der Waals surface area (Å²) in [4.78, 5) is 23.9. The molecule has 2 N–H and O–H groups in total. The summed E-state index contributed by atoms with van der Waals surface area (Å²) >= 11 is 0. The van der Waals surface area contributed by atoms with Gasteiger partial charge in [0.05, 0.1) is 7.05 Å². The summed E-state index contributed by atoms with van der Waals surface area (Å²) < 4.78 is 1.30. The first-order chi connectivity index (χ1) is 8.00. The highest BCUT2D eigenvalue weighted by Gasteiger charge is 2.29. The van der Waals surface area contributed by atoms with E-state index in [2.05, 4.69) is 0 Å². The number of nitrogens with two attached hydrogens (primary N) is 1. The largest absolute Gasteiger partial charge is 0.358 e. The van der Waals surface area contributed by atoms with Crippen molar-refractivity contribution in [3.05, 3.63) is 27.9 Å². The maximum atomic E-state index is 12.1. The molecule has 0 bridgehead atoms. The lowest BCUT2D eigenvalue weighted by molar-refractivity contribution is -0.391. The number of carbonyl (C=O) groups excluding carboxylic acids is 1. The van der Waals surface area contributed by atoms with Crippen LogP contribution in [0.4, 0.5) is 5.82 Å². The van der Waals surface area contributed by atoms with E-state index >= 15 is 0 Å². The molecule has 1 amide bonds. The first-order valence-electron chi connectivity index (χ1n) is 5.35. The number of carbonyl (C=O) groups is 1. The Morgan fingerprint density at radius 3 is 2.76 bits per heavy atom. The normalized spacial score (nSPS) is 19.6. The van der Waals surface area contributed by atoms with E-state index in [0.29, 0.717) is 18.8 Å². The second-order valence-electron chi connectivity index (χ2n) is 4.19. The van der Waals surface area contributed by atoms with E-state index in [1.54, 1.807) is 4.90 Å². The fraction of sp³-hybridized carbons (Fsp3) is 0.500. The molecule has 92 valence electrons. The lowest BCUT2D eigenvalue weighted by Crippen LogP contribution is -2.32. The van der Waals surface area contributed by atoms with Gasteiger partial charge in [0.15, 0.2) is 5.69 Å². The molecule has 7 heteroatoms. The number of hydrogen-bond acceptors (Lipinski definition) is 4. The molecule has 1 aliphatic rings. The monoisotopic (exact) mass is 238 g/mol. The Morgan fingerprint density at radius 1 is 1.59 bits per heavy atom. The summed E-state index contributed by atoms with van der Waals surface area (Å²) in [6.07, 6.45) is 0.776. The Kier molecular flexibility index (Phi) is 2.84. The Morgan fingerprint density at radius 2 is 2.29 bits per heavy atom. The fourth-order valence-corrected chi connectivity index (χ4v) is 2.03. The number of nitrogens with zero attached hydrogens (tertiary/aromatic N) is 3. The van der Waals surface area contributed by atoms with Crippen LogP contribution in [-0.4, -0.2) is 39.4 Å². The maximum absolute atomic E-state index is 12.1. The Bertz CT molecular complexity index is 468. The number of hydrogen-bond donors (Lipinski definition) is 1. The van der Waals surface area contributed by atoms with Crippen molar-refractivity contribution in [2.45, 2.75) is 12.5 Å². The van der Waals surface area contributed by atoms with Gasteiger partial charge in [-0.05, 0) is 17.4 Å². The lowest BCUT2D eigenvalue weighted by atomic mass is 10.3. The van der Waals surface area contributed by atoms with Crippen LogP contribution in [0.1, 0.15) is 16.9 Å². The van der Waals surface area contributed by atoms with Gasteiger partial charge in [0.1, 0.15) is 0 Å². The van der Waals surface area contributed by atoms with Crippen LogP contribution in [0, 0.1) is 10.1 Å². The SMILES string of the molecule is Cn1c(C(=O)N2CC[C@H](N)C2)ccc1[N+](=O)[O-]. The summed E-state index contributed by atoms with van der Waals surface area (Å²) in [5.41, 5.74) is 6.05.